The van der Waals surface area contributed by atoms with Gasteiger partial charge in [0.1, 0.15) is 5.75 Å². The molecule has 0 fully saturated rings. The van der Waals surface area contributed by atoms with Crippen LogP contribution in [0, 0.1) is 0 Å². The number of nitrogens with zero attached hydrogens (tertiary/aromatic N) is 1. The van der Waals surface area contributed by atoms with Crippen molar-refractivity contribution in [3.63, 3.8) is 0 Å². The number of halogens is 1. The molecule has 2 rings (SSSR count). The van der Waals surface area contributed by atoms with Crippen molar-refractivity contribution in [3.8, 4) is 5.75 Å². The number of methoxy groups -OCH3 is 1. The minimum Gasteiger partial charge on any atom is -0.497 e. The van der Waals surface area contributed by atoms with E-state index in [1.165, 1.54) is 0 Å². The van der Waals surface area contributed by atoms with Gasteiger partial charge in [0.25, 0.3) is 0 Å². The lowest BCUT2D eigenvalue weighted by Gasteiger charge is -2.26. The second-order valence-corrected chi connectivity index (χ2v) is 6.38. The molecule has 0 heterocycles. The van der Waals surface area contributed by atoms with E-state index in [4.69, 9.17) is 28.6 Å². The van der Waals surface area contributed by atoms with Crippen LogP contribution >= 0.6 is 23.8 Å². The fourth-order valence-corrected chi connectivity index (χ4v) is 2.84. The van der Waals surface area contributed by atoms with Crippen molar-refractivity contribution in [1.82, 2.24) is 10.2 Å². The summed E-state index contributed by atoms with van der Waals surface area (Å²) in [7, 11) is 5.68. The third-order valence-corrected chi connectivity index (χ3v) is 4.26. The molecule has 0 aromatic heterocycles. The molecule has 0 bridgehead atoms. The van der Waals surface area contributed by atoms with E-state index in [2.05, 4.69) is 15.5 Å². The topological polar surface area (TPSA) is 36.5 Å². The molecule has 0 aliphatic heterocycles. The molecule has 0 amide bonds. The van der Waals surface area contributed by atoms with Gasteiger partial charge in [-0.3, -0.25) is 0 Å². The van der Waals surface area contributed by atoms with Crippen molar-refractivity contribution in [2.45, 2.75) is 6.04 Å². The number of anilines is 1. The summed E-state index contributed by atoms with van der Waals surface area (Å²) in [5, 5.41) is 7.73. The molecule has 0 saturated carbocycles. The molecule has 0 unspecified atom stereocenters. The molecule has 2 aromatic rings. The van der Waals surface area contributed by atoms with Crippen LogP contribution in [-0.2, 0) is 0 Å². The lowest BCUT2D eigenvalue weighted by Crippen LogP contribution is -2.36. The number of ether oxygens (including phenoxy) is 1. The van der Waals surface area contributed by atoms with Crippen molar-refractivity contribution >= 4 is 34.6 Å². The van der Waals surface area contributed by atoms with Crippen LogP contribution in [0.5, 0.6) is 5.75 Å². The maximum atomic E-state index is 6.32. The minimum absolute atomic E-state index is 0.115. The number of nitrogens with one attached hydrogen (secondary N) is 2. The molecular weight excluding hydrogens is 342 g/mol. The number of thiocarbonyl (C=S) groups is 1. The van der Waals surface area contributed by atoms with Gasteiger partial charge in [0.15, 0.2) is 5.11 Å². The average molecular weight is 364 g/mol. The molecule has 1 atom stereocenters. The van der Waals surface area contributed by atoms with Gasteiger partial charge in [-0.1, -0.05) is 35.9 Å². The Morgan fingerprint density at radius 2 is 1.96 bits per heavy atom. The van der Waals surface area contributed by atoms with Gasteiger partial charge in [-0.05, 0) is 50.1 Å². The van der Waals surface area contributed by atoms with Crippen LogP contribution in [0.25, 0.3) is 0 Å². The summed E-state index contributed by atoms with van der Waals surface area (Å²) < 4.78 is 5.21. The molecule has 4 nitrogen and oxygen atoms in total. The van der Waals surface area contributed by atoms with Crippen molar-refractivity contribution in [2.24, 2.45) is 0 Å². The van der Waals surface area contributed by atoms with Crippen molar-refractivity contribution in [2.75, 3.05) is 33.1 Å². The Labute approximate surface area is 153 Å². The van der Waals surface area contributed by atoms with Gasteiger partial charge in [0.05, 0.1) is 13.2 Å². The lowest BCUT2D eigenvalue weighted by molar-refractivity contribution is 0.299. The van der Waals surface area contributed by atoms with E-state index in [0.717, 1.165) is 22.0 Å². The van der Waals surface area contributed by atoms with Crippen molar-refractivity contribution in [3.05, 3.63) is 59.1 Å². The predicted molar refractivity (Wildman–Crippen MR) is 105 cm³/mol. The molecule has 0 spiro atoms. The first kappa shape index (κ1) is 18.5. The Hall–Kier alpha value is -1.82. The van der Waals surface area contributed by atoms with E-state index >= 15 is 0 Å². The molecule has 0 saturated heterocycles. The van der Waals surface area contributed by atoms with Gasteiger partial charge in [0.2, 0.25) is 0 Å². The number of likely N-dealkylation sites (N-methyl/N-ethyl adjacent to an activating group) is 1. The van der Waals surface area contributed by atoms with Gasteiger partial charge in [-0.25, -0.2) is 0 Å². The lowest BCUT2D eigenvalue weighted by atomic mass is 10.1. The van der Waals surface area contributed by atoms with Crippen molar-refractivity contribution < 1.29 is 4.74 Å². The quantitative estimate of drug-likeness (QED) is 0.760. The summed E-state index contributed by atoms with van der Waals surface area (Å²) in [5.74, 6) is 0.782. The SMILES string of the molecule is COc1cccc(NC(=S)NC[C@@H](c2ccccc2Cl)N(C)C)c1. The highest BCUT2D eigenvalue weighted by Crippen LogP contribution is 2.25. The highest BCUT2D eigenvalue weighted by molar-refractivity contribution is 7.80. The monoisotopic (exact) mass is 363 g/mol. The standard InChI is InChI=1S/C18H22ClN3OS/c1-22(2)17(15-9-4-5-10-16(15)19)12-20-18(24)21-13-7-6-8-14(11-13)23-3/h4-11,17H,12H2,1-3H3,(H2,20,21,24)/t17-/m0/s1. The molecule has 6 heteroatoms. The molecule has 0 radical (unpaired) electrons. The minimum atomic E-state index is 0.115. The van der Waals surface area contributed by atoms with E-state index in [-0.39, 0.29) is 6.04 Å². The molecule has 24 heavy (non-hydrogen) atoms. The van der Waals surface area contributed by atoms with Crippen LogP contribution in [-0.4, -0.2) is 37.8 Å². The van der Waals surface area contributed by atoms with E-state index in [9.17, 15) is 0 Å². The summed E-state index contributed by atoms with van der Waals surface area (Å²) in [6, 6.07) is 15.6. The molecule has 128 valence electrons. The Kier molecular flexibility index (Phi) is 6.85. The zero-order valence-corrected chi connectivity index (χ0v) is 15.6. The molecule has 0 aliphatic carbocycles. The number of hydrogen-bond donors (Lipinski definition) is 2. The van der Waals surface area contributed by atoms with Crippen LogP contribution < -0.4 is 15.4 Å². The molecule has 2 aromatic carbocycles. The summed E-state index contributed by atoms with van der Waals surface area (Å²) >= 11 is 11.7. The smallest absolute Gasteiger partial charge is 0.170 e. The average Bonchev–Trinajstić information content (AvgIpc) is 2.56. The van der Waals surface area contributed by atoms with E-state index < -0.39 is 0 Å². The van der Waals surface area contributed by atoms with Crippen LogP contribution in [0.1, 0.15) is 11.6 Å². The second-order valence-electron chi connectivity index (χ2n) is 5.57. The van der Waals surface area contributed by atoms with Crippen LogP contribution in [0.4, 0.5) is 5.69 Å². The zero-order valence-electron chi connectivity index (χ0n) is 14.0. The molecule has 2 N–H and O–H groups in total. The fraction of sp³-hybridized carbons (Fsp3) is 0.278. The number of rotatable bonds is 6. The summed E-state index contributed by atoms with van der Waals surface area (Å²) in [6.45, 7) is 0.645. The van der Waals surface area contributed by atoms with E-state index in [1.807, 2.05) is 62.6 Å². The number of hydrogen-bond acceptors (Lipinski definition) is 3. The van der Waals surface area contributed by atoms with Gasteiger partial charge < -0.3 is 20.3 Å². The largest absolute Gasteiger partial charge is 0.497 e. The Bertz CT molecular complexity index is 693. The van der Waals surface area contributed by atoms with E-state index in [1.54, 1.807) is 7.11 Å². The van der Waals surface area contributed by atoms with Crippen LogP contribution in [0.2, 0.25) is 5.02 Å². The second kappa shape index (κ2) is 8.87. The maximum Gasteiger partial charge on any atom is 0.170 e. The normalized spacial score (nSPS) is 11.9. The van der Waals surface area contributed by atoms with Gasteiger partial charge >= 0.3 is 0 Å². The maximum absolute atomic E-state index is 6.32. The Balaban J connectivity index is 1.99. The first-order chi connectivity index (χ1) is 11.5. The van der Waals surface area contributed by atoms with Crippen molar-refractivity contribution in [1.29, 1.82) is 0 Å². The fourth-order valence-electron chi connectivity index (χ4n) is 2.38. The van der Waals surface area contributed by atoms with Gasteiger partial charge in [-0.15, -0.1) is 0 Å². The Morgan fingerprint density at radius 3 is 2.62 bits per heavy atom. The Morgan fingerprint density at radius 1 is 1.21 bits per heavy atom. The van der Waals surface area contributed by atoms with Crippen LogP contribution in [0.15, 0.2) is 48.5 Å². The van der Waals surface area contributed by atoms with Gasteiger partial charge in [-0.2, -0.15) is 0 Å². The predicted octanol–water partition coefficient (Wildman–Crippen LogP) is 3.94. The first-order valence-corrected chi connectivity index (χ1v) is 8.39. The van der Waals surface area contributed by atoms with Gasteiger partial charge in [0, 0.05) is 23.3 Å². The third kappa shape index (κ3) is 5.09. The van der Waals surface area contributed by atoms with Crippen LogP contribution in [0.3, 0.4) is 0 Å². The third-order valence-electron chi connectivity index (χ3n) is 3.67. The highest BCUT2D eigenvalue weighted by atomic mass is 35.5. The molecule has 0 aliphatic rings. The highest BCUT2D eigenvalue weighted by Gasteiger charge is 2.17. The molecular formula is C18H22ClN3OS. The summed E-state index contributed by atoms with van der Waals surface area (Å²) in [5.41, 5.74) is 1.95. The summed E-state index contributed by atoms with van der Waals surface area (Å²) in [4.78, 5) is 2.11. The zero-order chi connectivity index (χ0) is 17.5. The first-order valence-electron chi connectivity index (χ1n) is 7.61. The summed E-state index contributed by atoms with van der Waals surface area (Å²) in [6.07, 6.45) is 0. The van der Waals surface area contributed by atoms with E-state index in [0.29, 0.717) is 11.7 Å². The number of benzene rings is 2.